The molecule has 0 spiro atoms. The van der Waals surface area contributed by atoms with Crippen molar-refractivity contribution in [2.24, 2.45) is 5.73 Å². The highest BCUT2D eigenvalue weighted by Gasteiger charge is 2.27. The van der Waals surface area contributed by atoms with E-state index in [0.29, 0.717) is 0 Å². The Kier molecular flexibility index (Phi) is 2.49. The lowest BCUT2D eigenvalue weighted by Crippen LogP contribution is -2.12. The van der Waals surface area contributed by atoms with Gasteiger partial charge in [-0.25, -0.2) is 0 Å². The van der Waals surface area contributed by atoms with E-state index in [4.69, 9.17) is 10.8 Å². The Bertz CT molecular complexity index is 296. The smallest absolute Gasteiger partial charge is 0.405 e. The second-order valence-electron chi connectivity index (χ2n) is 2.46. The summed E-state index contributed by atoms with van der Waals surface area (Å²) in [5, 5.41) is 8.74. The first-order valence-electron chi connectivity index (χ1n) is 3.40. The summed E-state index contributed by atoms with van der Waals surface area (Å²) in [6.07, 6.45) is -5.03. The van der Waals surface area contributed by atoms with E-state index in [-0.39, 0.29) is 5.56 Å². The normalized spacial score (nSPS) is 11.5. The van der Waals surface area contributed by atoms with Crippen LogP contribution >= 0.6 is 0 Å². The molecule has 5 heteroatoms. The molecule has 1 aromatic carbocycles. The van der Waals surface area contributed by atoms with Crippen LogP contribution in [0.5, 0.6) is 0 Å². The van der Waals surface area contributed by atoms with Crippen molar-refractivity contribution in [3.63, 3.8) is 0 Å². The van der Waals surface area contributed by atoms with Gasteiger partial charge in [0.05, 0.1) is 0 Å². The molecule has 0 saturated carbocycles. The minimum atomic E-state index is -4.41. The Hall–Kier alpha value is -1.20. The summed E-state index contributed by atoms with van der Waals surface area (Å²) in [4.78, 5) is 0. The number of hydrogen-bond acceptors (Lipinski definition) is 2. The molecule has 0 aliphatic carbocycles. The SMILES string of the molecule is N[C-](O)c1cccc(C(F)(F)F)c1. The molecule has 72 valence electrons. The number of rotatable bonds is 1. The fourth-order valence-corrected chi connectivity index (χ4v) is 0.855. The Morgan fingerprint density at radius 3 is 2.38 bits per heavy atom. The van der Waals surface area contributed by atoms with Crippen LogP contribution in [0.3, 0.4) is 0 Å². The quantitative estimate of drug-likeness (QED) is 0.664. The van der Waals surface area contributed by atoms with Crippen molar-refractivity contribution in [2.45, 2.75) is 6.18 Å². The van der Waals surface area contributed by atoms with Crippen LogP contribution in [0, 0.1) is 6.23 Å². The minimum Gasteiger partial charge on any atom is -0.411 e. The summed E-state index contributed by atoms with van der Waals surface area (Å²) < 4.78 is 36.3. The zero-order valence-electron chi connectivity index (χ0n) is 6.47. The summed E-state index contributed by atoms with van der Waals surface area (Å²) in [5.74, 6) is 0. The summed E-state index contributed by atoms with van der Waals surface area (Å²) in [7, 11) is 0. The van der Waals surface area contributed by atoms with E-state index in [2.05, 4.69) is 0 Å². The van der Waals surface area contributed by atoms with Gasteiger partial charge in [0.1, 0.15) is 0 Å². The van der Waals surface area contributed by atoms with Crippen LogP contribution in [0.2, 0.25) is 0 Å². The van der Waals surface area contributed by atoms with E-state index in [9.17, 15) is 13.2 Å². The maximum absolute atomic E-state index is 12.1. The lowest BCUT2D eigenvalue weighted by Gasteiger charge is -2.16. The Balaban J connectivity index is 3.06. The fourth-order valence-electron chi connectivity index (χ4n) is 0.855. The lowest BCUT2D eigenvalue weighted by atomic mass is 10.1. The molecule has 0 amide bonds. The molecule has 0 fully saturated rings. The highest BCUT2D eigenvalue weighted by atomic mass is 19.4. The first-order valence-corrected chi connectivity index (χ1v) is 3.40. The molecule has 13 heavy (non-hydrogen) atoms. The van der Waals surface area contributed by atoms with Crippen LogP contribution in [0.25, 0.3) is 0 Å². The average Bonchev–Trinajstić information content (AvgIpc) is 2.03. The molecule has 1 rings (SSSR count). The summed E-state index contributed by atoms with van der Waals surface area (Å²) in [5.41, 5.74) is 4.07. The van der Waals surface area contributed by atoms with Crippen molar-refractivity contribution < 1.29 is 18.3 Å². The van der Waals surface area contributed by atoms with E-state index in [1.54, 1.807) is 0 Å². The van der Waals surface area contributed by atoms with Gasteiger partial charge in [-0.05, 0) is 5.56 Å². The predicted octanol–water partition coefficient (Wildman–Crippen LogP) is 1.87. The topological polar surface area (TPSA) is 46.2 Å². The lowest BCUT2D eigenvalue weighted by molar-refractivity contribution is -0.137. The van der Waals surface area contributed by atoms with E-state index < -0.39 is 18.0 Å². The first kappa shape index (κ1) is 9.88. The van der Waals surface area contributed by atoms with E-state index in [0.717, 1.165) is 12.1 Å². The van der Waals surface area contributed by atoms with Crippen LogP contribution in [0.15, 0.2) is 24.3 Å². The first-order chi connectivity index (χ1) is 5.91. The third-order valence-corrected chi connectivity index (χ3v) is 1.49. The molecule has 0 heterocycles. The van der Waals surface area contributed by atoms with Gasteiger partial charge in [-0.3, -0.25) is 0 Å². The number of hydrogen-bond donors (Lipinski definition) is 2. The Labute approximate surface area is 72.8 Å². The van der Waals surface area contributed by atoms with Crippen molar-refractivity contribution in [3.05, 3.63) is 41.6 Å². The third-order valence-electron chi connectivity index (χ3n) is 1.49. The van der Waals surface area contributed by atoms with Gasteiger partial charge in [-0.2, -0.15) is 19.2 Å². The predicted molar refractivity (Wildman–Crippen MR) is 39.9 cm³/mol. The molecule has 0 atom stereocenters. The molecule has 0 unspecified atom stereocenters. The van der Waals surface area contributed by atoms with Crippen LogP contribution in [0.4, 0.5) is 13.2 Å². The molecule has 0 aliphatic rings. The number of halogens is 3. The maximum atomic E-state index is 12.1. The molecule has 0 bridgehead atoms. The van der Waals surface area contributed by atoms with Gasteiger partial charge in [-0.15, -0.1) is 17.7 Å². The maximum Gasteiger partial charge on any atom is 0.405 e. The van der Waals surface area contributed by atoms with Gasteiger partial charge in [0, 0.05) is 6.23 Å². The van der Waals surface area contributed by atoms with E-state index >= 15 is 0 Å². The van der Waals surface area contributed by atoms with Crippen LogP contribution < -0.4 is 5.73 Å². The number of aliphatic hydroxyl groups is 1. The summed E-state index contributed by atoms with van der Waals surface area (Å²) in [6, 6.07) is 4.17. The molecule has 3 N–H and O–H groups in total. The van der Waals surface area contributed by atoms with Crippen molar-refractivity contribution in [2.75, 3.05) is 0 Å². The zero-order chi connectivity index (χ0) is 10.1. The van der Waals surface area contributed by atoms with Gasteiger partial charge >= 0.3 is 6.18 Å². The van der Waals surface area contributed by atoms with E-state index in [1.807, 2.05) is 0 Å². The second-order valence-corrected chi connectivity index (χ2v) is 2.46. The molecule has 0 saturated heterocycles. The van der Waals surface area contributed by atoms with Crippen LogP contribution in [-0.4, -0.2) is 5.11 Å². The Morgan fingerprint density at radius 1 is 1.31 bits per heavy atom. The van der Waals surface area contributed by atoms with Gasteiger partial charge < -0.3 is 10.8 Å². The van der Waals surface area contributed by atoms with Gasteiger partial charge in [-0.1, -0.05) is 6.07 Å². The molecular weight excluding hydrogens is 183 g/mol. The van der Waals surface area contributed by atoms with Gasteiger partial charge in [0.2, 0.25) is 0 Å². The number of nitrogens with two attached hydrogens (primary N) is 1. The molecule has 0 aliphatic heterocycles. The Morgan fingerprint density at radius 2 is 1.92 bits per heavy atom. The number of benzene rings is 1. The minimum absolute atomic E-state index is 0.0326. The highest BCUT2D eigenvalue weighted by molar-refractivity contribution is 5.31. The largest absolute Gasteiger partial charge is 0.411 e. The summed E-state index contributed by atoms with van der Waals surface area (Å²) >= 11 is 0. The monoisotopic (exact) mass is 190 g/mol. The average molecular weight is 190 g/mol. The number of alkyl halides is 3. The standard InChI is InChI=1S/C8H7F3NO/c9-8(10,11)6-3-1-2-5(4-6)7(12)13/h1-4,13H,12H2/q-1. The molecule has 2 nitrogen and oxygen atoms in total. The van der Waals surface area contributed by atoms with Crippen molar-refractivity contribution in [1.29, 1.82) is 0 Å². The molecule has 0 aromatic heterocycles. The second kappa shape index (κ2) is 3.27. The molecular formula is C8H7F3NO-. The van der Waals surface area contributed by atoms with Gasteiger partial charge in [0.15, 0.2) is 0 Å². The fraction of sp³-hybridized carbons (Fsp3) is 0.125. The third kappa shape index (κ3) is 2.37. The molecule has 1 aromatic rings. The molecule has 0 radical (unpaired) electrons. The van der Waals surface area contributed by atoms with Gasteiger partial charge in [0.25, 0.3) is 0 Å². The van der Waals surface area contributed by atoms with Crippen LogP contribution in [-0.2, 0) is 6.18 Å². The zero-order valence-corrected chi connectivity index (χ0v) is 6.47. The summed E-state index contributed by atoms with van der Waals surface area (Å²) in [6.45, 7) is 0. The van der Waals surface area contributed by atoms with Crippen molar-refractivity contribution in [3.8, 4) is 0 Å². The van der Waals surface area contributed by atoms with Crippen molar-refractivity contribution in [1.82, 2.24) is 0 Å². The van der Waals surface area contributed by atoms with E-state index in [1.165, 1.54) is 12.1 Å². The highest BCUT2D eigenvalue weighted by Crippen LogP contribution is 2.29. The van der Waals surface area contributed by atoms with Crippen molar-refractivity contribution >= 4 is 0 Å². The van der Waals surface area contributed by atoms with Crippen LogP contribution in [0.1, 0.15) is 11.1 Å². The number of aliphatic hydroxyl groups excluding tert-OH is 1.